The number of amides is 1. The third-order valence-electron chi connectivity index (χ3n) is 2.41. The number of thiazole rings is 1. The smallest absolute Gasteiger partial charge is 0.337 e. The summed E-state index contributed by atoms with van der Waals surface area (Å²) in [5, 5.41) is 11.7. The second kappa shape index (κ2) is 5.38. The first kappa shape index (κ1) is 13.5. The van der Waals surface area contributed by atoms with Crippen LogP contribution >= 0.6 is 22.9 Å². The van der Waals surface area contributed by atoms with Crippen molar-refractivity contribution >= 4 is 40.5 Å². The van der Waals surface area contributed by atoms with Crippen molar-refractivity contribution in [2.75, 3.05) is 5.32 Å². The second-order valence-electron chi connectivity index (χ2n) is 3.72. The summed E-state index contributed by atoms with van der Waals surface area (Å²) >= 11 is 6.98. The molecule has 1 aromatic carbocycles. The third kappa shape index (κ3) is 2.91. The average molecular weight is 297 g/mol. The quantitative estimate of drug-likeness (QED) is 0.912. The van der Waals surface area contributed by atoms with E-state index >= 15 is 0 Å². The highest BCUT2D eigenvalue weighted by atomic mass is 35.5. The van der Waals surface area contributed by atoms with E-state index in [4.69, 9.17) is 16.7 Å². The van der Waals surface area contributed by atoms with Gasteiger partial charge in [0.15, 0.2) is 0 Å². The van der Waals surface area contributed by atoms with E-state index in [0.717, 1.165) is 0 Å². The molecule has 0 bridgehead atoms. The lowest BCUT2D eigenvalue weighted by Crippen LogP contribution is -2.12. The van der Waals surface area contributed by atoms with Crippen molar-refractivity contribution in [1.29, 1.82) is 0 Å². The number of carbonyl (C=O) groups excluding carboxylic acids is 1. The number of benzene rings is 1. The van der Waals surface area contributed by atoms with E-state index in [9.17, 15) is 9.59 Å². The van der Waals surface area contributed by atoms with E-state index in [-0.39, 0.29) is 16.5 Å². The van der Waals surface area contributed by atoms with Crippen LogP contribution in [0.5, 0.6) is 0 Å². The van der Waals surface area contributed by atoms with E-state index in [1.54, 1.807) is 18.5 Å². The van der Waals surface area contributed by atoms with Crippen molar-refractivity contribution in [3.05, 3.63) is 44.9 Å². The minimum atomic E-state index is -1.14. The summed E-state index contributed by atoms with van der Waals surface area (Å²) < 4.78 is 0. The molecule has 2 aromatic rings. The highest BCUT2D eigenvalue weighted by Crippen LogP contribution is 2.22. The molecule has 0 saturated carbocycles. The maximum absolute atomic E-state index is 11.9. The van der Waals surface area contributed by atoms with Crippen LogP contribution in [0.4, 0.5) is 5.69 Å². The number of hydrogen-bond acceptors (Lipinski definition) is 4. The number of aromatic nitrogens is 1. The van der Waals surface area contributed by atoms with Gasteiger partial charge >= 0.3 is 5.97 Å². The van der Waals surface area contributed by atoms with Crippen molar-refractivity contribution < 1.29 is 14.7 Å². The minimum absolute atomic E-state index is 0.0551. The summed E-state index contributed by atoms with van der Waals surface area (Å²) in [6.07, 6.45) is 0. The standard InChI is InChI=1S/C12H9ClN2O3S/c1-6-10(19-5-14-6)11(16)15-7-2-3-9(13)8(4-7)12(17)18/h2-5H,1H3,(H,15,16)(H,17,18). The fourth-order valence-corrected chi connectivity index (χ4v) is 2.37. The summed E-state index contributed by atoms with van der Waals surface area (Å²) in [5.41, 5.74) is 2.53. The van der Waals surface area contributed by atoms with Gasteiger partial charge < -0.3 is 10.4 Å². The Hall–Kier alpha value is -1.92. The van der Waals surface area contributed by atoms with Gasteiger partial charge in [0, 0.05) is 5.69 Å². The number of anilines is 1. The molecule has 0 saturated heterocycles. The zero-order chi connectivity index (χ0) is 14.0. The molecule has 2 rings (SSSR count). The van der Waals surface area contributed by atoms with Gasteiger partial charge in [-0.2, -0.15) is 0 Å². The summed E-state index contributed by atoms with van der Waals surface area (Å²) in [6.45, 7) is 1.73. The van der Waals surface area contributed by atoms with E-state index in [2.05, 4.69) is 10.3 Å². The van der Waals surface area contributed by atoms with Gasteiger partial charge in [0.1, 0.15) is 4.88 Å². The van der Waals surface area contributed by atoms with E-state index in [1.807, 2.05) is 0 Å². The number of halogens is 1. The number of nitrogens with one attached hydrogen (secondary N) is 1. The fourth-order valence-electron chi connectivity index (χ4n) is 1.47. The zero-order valence-corrected chi connectivity index (χ0v) is 11.4. The number of carboxylic acid groups (broad SMARTS) is 1. The number of hydrogen-bond donors (Lipinski definition) is 2. The molecular formula is C12H9ClN2O3S. The Balaban J connectivity index is 2.25. The molecule has 0 aliphatic rings. The lowest BCUT2D eigenvalue weighted by Gasteiger charge is -2.06. The monoisotopic (exact) mass is 296 g/mol. The SMILES string of the molecule is Cc1ncsc1C(=O)Nc1ccc(Cl)c(C(=O)O)c1. The average Bonchev–Trinajstić information content (AvgIpc) is 2.77. The van der Waals surface area contributed by atoms with Gasteiger partial charge in [-0.25, -0.2) is 9.78 Å². The molecule has 0 radical (unpaired) electrons. The first-order valence-electron chi connectivity index (χ1n) is 5.23. The van der Waals surface area contributed by atoms with Crippen LogP contribution in [0.1, 0.15) is 25.7 Å². The Kier molecular flexibility index (Phi) is 3.82. The van der Waals surface area contributed by atoms with Crippen molar-refractivity contribution in [3.8, 4) is 0 Å². The molecule has 0 atom stereocenters. The first-order chi connectivity index (χ1) is 8.99. The Morgan fingerprint density at radius 1 is 1.42 bits per heavy atom. The molecule has 5 nitrogen and oxygen atoms in total. The largest absolute Gasteiger partial charge is 0.478 e. The maximum atomic E-state index is 11.9. The Bertz CT molecular complexity index is 654. The molecule has 2 N–H and O–H groups in total. The predicted molar refractivity (Wildman–Crippen MR) is 73.2 cm³/mol. The topological polar surface area (TPSA) is 79.3 Å². The normalized spacial score (nSPS) is 10.2. The van der Waals surface area contributed by atoms with E-state index < -0.39 is 5.97 Å². The molecule has 19 heavy (non-hydrogen) atoms. The van der Waals surface area contributed by atoms with Crippen LogP contribution < -0.4 is 5.32 Å². The number of carbonyl (C=O) groups is 2. The van der Waals surface area contributed by atoms with Crippen molar-refractivity contribution in [2.24, 2.45) is 0 Å². The molecular weight excluding hydrogens is 288 g/mol. The van der Waals surface area contributed by atoms with Crippen molar-refractivity contribution in [2.45, 2.75) is 6.92 Å². The Morgan fingerprint density at radius 2 is 2.16 bits per heavy atom. The molecule has 0 spiro atoms. The molecule has 1 aromatic heterocycles. The zero-order valence-electron chi connectivity index (χ0n) is 9.81. The van der Waals surface area contributed by atoms with Crippen molar-refractivity contribution in [3.63, 3.8) is 0 Å². The van der Waals surface area contributed by atoms with Gasteiger partial charge in [0.25, 0.3) is 5.91 Å². The molecule has 1 heterocycles. The number of nitrogens with zero attached hydrogens (tertiary/aromatic N) is 1. The van der Waals surface area contributed by atoms with Crippen LogP contribution in [0.2, 0.25) is 5.02 Å². The maximum Gasteiger partial charge on any atom is 0.337 e. The van der Waals surface area contributed by atoms with Gasteiger partial charge in [0.05, 0.1) is 21.8 Å². The van der Waals surface area contributed by atoms with Gasteiger partial charge in [0.2, 0.25) is 0 Å². The Morgan fingerprint density at radius 3 is 2.74 bits per heavy atom. The molecule has 0 fully saturated rings. The third-order valence-corrected chi connectivity index (χ3v) is 3.66. The van der Waals surface area contributed by atoms with Crippen LogP contribution in [0.25, 0.3) is 0 Å². The van der Waals surface area contributed by atoms with Gasteiger partial charge in [-0.3, -0.25) is 4.79 Å². The number of rotatable bonds is 3. The molecule has 98 valence electrons. The van der Waals surface area contributed by atoms with Crippen LogP contribution in [-0.2, 0) is 0 Å². The minimum Gasteiger partial charge on any atom is -0.478 e. The van der Waals surface area contributed by atoms with Crippen LogP contribution in [0.3, 0.4) is 0 Å². The van der Waals surface area contributed by atoms with Crippen LogP contribution in [-0.4, -0.2) is 22.0 Å². The molecule has 0 aliphatic heterocycles. The summed E-state index contributed by atoms with van der Waals surface area (Å²) in [4.78, 5) is 27.4. The number of carboxylic acids is 1. The highest BCUT2D eigenvalue weighted by Gasteiger charge is 2.14. The van der Waals surface area contributed by atoms with Crippen LogP contribution in [0, 0.1) is 6.92 Å². The molecule has 1 amide bonds. The summed E-state index contributed by atoms with van der Waals surface area (Å²) in [7, 11) is 0. The lowest BCUT2D eigenvalue weighted by atomic mass is 10.2. The first-order valence-corrected chi connectivity index (χ1v) is 6.49. The Labute approximate surface area is 117 Å². The van der Waals surface area contributed by atoms with E-state index in [1.165, 1.54) is 23.5 Å². The van der Waals surface area contributed by atoms with E-state index in [0.29, 0.717) is 16.3 Å². The van der Waals surface area contributed by atoms with Crippen LogP contribution in [0.15, 0.2) is 23.7 Å². The predicted octanol–water partition coefficient (Wildman–Crippen LogP) is 3.06. The lowest BCUT2D eigenvalue weighted by molar-refractivity contribution is 0.0696. The second-order valence-corrected chi connectivity index (χ2v) is 4.98. The van der Waals surface area contributed by atoms with Gasteiger partial charge in [-0.15, -0.1) is 11.3 Å². The molecule has 7 heteroatoms. The summed E-state index contributed by atoms with van der Waals surface area (Å²) in [5.74, 6) is -1.46. The fraction of sp³-hybridized carbons (Fsp3) is 0.0833. The van der Waals surface area contributed by atoms with Gasteiger partial charge in [-0.1, -0.05) is 11.6 Å². The summed E-state index contributed by atoms with van der Waals surface area (Å²) in [6, 6.07) is 4.29. The number of aromatic carboxylic acids is 1. The molecule has 0 unspecified atom stereocenters. The number of aryl methyl sites for hydroxylation is 1. The van der Waals surface area contributed by atoms with Gasteiger partial charge in [-0.05, 0) is 25.1 Å². The van der Waals surface area contributed by atoms with Crippen molar-refractivity contribution in [1.82, 2.24) is 4.98 Å². The molecule has 0 aliphatic carbocycles. The highest BCUT2D eigenvalue weighted by molar-refractivity contribution is 7.12.